The first-order valence-corrected chi connectivity index (χ1v) is 6.43. The summed E-state index contributed by atoms with van der Waals surface area (Å²) in [6.07, 6.45) is 1.56. The molecule has 1 saturated heterocycles. The number of nitrogens with one attached hydrogen (secondary N) is 2. The van der Waals surface area contributed by atoms with Crippen molar-refractivity contribution < 1.29 is 13.7 Å². The zero-order chi connectivity index (χ0) is 13.8. The van der Waals surface area contributed by atoms with Crippen LogP contribution in [0.1, 0.15) is 5.89 Å². The van der Waals surface area contributed by atoms with Gasteiger partial charge in [0.15, 0.2) is 5.76 Å². The Hall–Kier alpha value is -2.35. The third-order valence-electron chi connectivity index (χ3n) is 2.99. The van der Waals surface area contributed by atoms with Crippen LogP contribution in [0.5, 0.6) is 0 Å². The van der Waals surface area contributed by atoms with Gasteiger partial charge < -0.3 is 24.5 Å². The van der Waals surface area contributed by atoms with E-state index in [0.29, 0.717) is 37.1 Å². The minimum absolute atomic E-state index is 0.00954. The van der Waals surface area contributed by atoms with E-state index in [4.69, 9.17) is 8.94 Å². The number of amides is 2. The largest absolute Gasteiger partial charge is 0.461 e. The molecule has 2 amide bonds. The van der Waals surface area contributed by atoms with Crippen molar-refractivity contribution in [1.29, 1.82) is 0 Å². The first-order valence-electron chi connectivity index (χ1n) is 6.43. The number of hydrogen-bond donors (Lipinski definition) is 2. The molecule has 0 aliphatic carbocycles. The maximum absolute atomic E-state index is 11.3. The van der Waals surface area contributed by atoms with Gasteiger partial charge in [-0.15, -0.1) is 0 Å². The molecule has 0 unspecified atom stereocenters. The average molecular weight is 277 g/mol. The molecule has 1 aliphatic rings. The van der Waals surface area contributed by atoms with Crippen LogP contribution < -0.4 is 10.6 Å². The van der Waals surface area contributed by atoms with Gasteiger partial charge in [0.25, 0.3) is 0 Å². The van der Waals surface area contributed by atoms with Crippen molar-refractivity contribution in [1.82, 2.24) is 25.7 Å². The van der Waals surface area contributed by atoms with Gasteiger partial charge in [-0.25, -0.2) is 4.79 Å². The summed E-state index contributed by atoms with van der Waals surface area (Å²) in [4.78, 5) is 17.3. The Balaban J connectivity index is 1.44. The van der Waals surface area contributed by atoms with E-state index in [-0.39, 0.29) is 6.03 Å². The third kappa shape index (κ3) is 2.80. The van der Waals surface area contributed by atoms with Crippen molar-refractivity contribution in [3.63, 3.8) is 0 Å². The van der Waals surface area contributed by atoms with Gasteiger partial charge in [0.05, 0.1) is 12.8 Å². The van der Waals surface area contributed by atoms with Crippen LogP contribution >= 0.6 is 0 Å². The SMILES string of the molecule is O=C1NCCN1CCNCc1nc(-c2ccco2)no1. The van der Waals surface area contributed by atoms with Crippen LogP contribution in [-0.4, -0.2) is 47.3 Å². The molecule has 0 aromatic carbocycles. The standard InChI is InChI=1S/C12H15N5O3/c18-12-14-4-6-17(12)5-3-13-8-10-15-11(16-20-10)9-2-1-7-19-9/h1-2,7,13H,3-6,8H2,(H,14,18). The Morgan fingerprint density at radius 1 is 1.50 bits per heavy atom. The summed E-state index contributed by atoms with van der Waals surface area (Å²) in [6.45, 7) is 3.26. The fourth-order valence-electron chi connectivity index (χ4n) is 1.97. The van der Waals surface area contributed by atoms with Crippen molar-refractivity contribution in [3.05, 3.63) is 24.3 Å². The molecule has 0 spiro atoms. The molecule has 0 saturated carbocycles. The van der Waals surface area contributed by atoms with Gasteiger partial charge in [-0.1, -0.05) is 5.16 Å². The zero-order valence-electron chi connectivity index (χ0n) is 10.8. The summed E-state index contributed by atoms with van der Waals surface area (Å²) >= 11 is 0. The number of furan rings is 1. The Kier molecular flexibility index (Phi) is 3.64. The van der Waals surface area contributed by atoms with Crippen LogP contribution in [0, 0.1) is 0 Å². The zero-order valence-corrected chi connectivity index (χ0v) is 10.8. The molecule has 3 rings (SSSR count). The number of urea groups is 1. The van der Waals surface area contributed by atoms with Crippen LogP contribution in [0.3, 0.4) is 0 Å². The molecule has 0 atom stereocenters. The average Bonchev–Trinajstić information content (AvgIpc) is 3.17. The molecule has 20 heavy (non-hydrogen) atoms. The van der Waals surface area contributed by atoms with Gasteiger partial charge in [-0.05, 0) is 12.1 Å². The number of carbonyl (C=O) groups excluding carboxylic acids is 1. The first kappa shape index (κ1) is 12.7. The lowest BCUT2D eigenvalue weighted by Gasteiger charge is -2.13. The van der Waals surface area contributed by atoms with E-state index in [0.717, 1.165) is 13.1 Å². The minimum atomic E-state index is -0.00954. The summed E-state index contributed by atoms with van der Waals surface area (Å²) in [5, 5.41) is 9.75. The van der Waals surface area contributed by atoms with Gasteiger partial charge in [0.2, 0.25) is 11.7 Å². The lowest BCUT2D eigenvalue weighted by molar-refractivity contribution is 0.217. The number of hydrogen-bond acceptors (Lipinski definition) is 6. The Morgan fingerprint density at radius 2 is 2.45 bits per heavy atom. The first-order chi connectivity index (χ1) is 9.83. The summed E-state index contributed by atoms with van der Waals surface area (Å²) in [5.41, 5.74) is 0. The lowest BCUT2D eigenvalue weighted by Crippen LogP contribution is -2.34. The predicted octanol–water partition coefficient (Wildman–Crippen LogP) is 0.444. The quantitative estimate of drug-likeness (QED) is 0.744. The van der Waals surface area contributed by atoms with Gasteiger partial charge in [0, 0.05) is 26.2 Å². The van der Waals surface area contributed by atoms with Crippen LogP contribution in [0.2, 0.25) is 0 Å². The van der Waals surface area contributed by atoms with E-state index in [2.05, 4.69) is 20.8 Å². The summed E-state index contributed by atoms with van der Waals surface area (Å²) < 4.78 is 10.3. The van der Waals surface area contributed by atoms with E-state index in [9.17, 15) is 4.79 Å². The highest BCUT2D eigenvalue weighted by Crippen LogP contribution is 2.15. The summed E-state index contributed by atoms with van der Waals surface area (Å²) in [5.74, 6) is 1.50. The summed E-state index contributed by atoms with van der Waals surface area (Å²) in [6, 6.07) is 3.53. The lowest BCUT2D eigenvalue weighted by atomic mass is 10.4. The minimum Gasteiger partial charge on any atom is -0.461 e. The normalized spacial score (nSPS) is 14.8. The van der Waals surface area contributed by atoms with Crippen molar-refractivity contribution in [2.75, 3.05) is 26.2 Å². The molecule has 2 N–H and O–H groups in total. The maximum Gasteiger partial charge on any atom is 0.317 e. The fourth-order valence-corrected chi connectivity index (χ4v) is 1.97. The highest BCUT2D eigenvalue weighted by Gasteiger charge is 2.18. The molecule has 106 valence electrons. The summed E-state index contributed by atoms with van der Waals surface area (Å²) in [7, 11) is 0. The maximum atomic E-state index is 11.3. The molecule has 3 heterocycles. The Labute approximate surface area is 115 Å². The molecular weight excluding hydrogens is 262 g/mol. The topological polar surface area (TPSA) is 96.4 Å². The van der Waals surface area contributed by atoms with E-state index in [1.807, 2.05) is 0 Å². The van der Waals surface area contributed by atoms with Crippen molar-refractivity contribution in [3.8, 4) is 11.6 Å². The van der Waals surface area contributed by atoms with Crippen molar-refractivity contribution in [2.24, 2.45) is 0 Å². The molecule has 0 radical (unpaired) electrons. The number of rotatable bonds is 6. The molecule has 1 aliphatic heterocycles. The van der Waals surface area contributed by atoms with Gasteiger partial charge >= 0.3 is 6.03 Å². The smallest absolute Gasteiger partial charge is 0.317 e. The second-order valence-electron chi connectivity index (χ2n) is 4.38. The molecule has 2 aromatic rings. The van der Waals surface area contributed by atoms with E-state index in [1.165, 1.54) is 0 Å². The monoisotopic (exact) mass is 277 g/mol. The Bertz CT molecular complexity index is 565. The van der Waals surface area contributed by atoms with Crippen LogP contribution in [0.15, 0.2) is 27.3 Å². The second kappa shape index (κ2) is 5.74. The number of carbonyl (C=O) groups is 1. The predicted molar refractivity (Wildman–Crippen MR) is 68.7 cm³/mol. The van der Waals surface area contributed by atoms with Gasteiger partial charge in [-0.2, -0.15) is 4.98 Å². The second-order valence-corrected chi connectivity index (χ2v) is 4.38. The number of aromatic nitrogens is 2. The highest BCUT2D eigenvalue weighted by molar-refractivity contribution is 5.76. The molecular formula is C12H15N5O3. The Morgan fingerprint density at radius 3 is 3.20 bits per heavy atom. The van der Waals surface area contributed by atoms with Crippen LogP contribution in [0.4, 0.5) is 4.79 Å². The molecule has 2 aromatic heterocycles. The molecule has 8 heteroatoms. The highest BCUT2D eigenvalue weighted by atomic mass is 16.5. The van der Waals surface area contributed by atoms with Gasteiger partial charge in [-0.3, -0.25) is 0 Å². The third-order valence-corrected chi connectivity index (χ3v) is 2.99. The van der Waals surface area contributed by atoms with Crippen LogP contribution in [-0.2, 0) is 6.54 Å². The van der Waals surface area contributed by atoms with Gasteiger partial charge in [0.1, 0.15) is 0 Å². The van der Waals surface area contributed by atoms with E-state index in [1.54, 1.807) is 23.3 Å². The fraction of sp³-hybridized carbons (Fsp3) is 0.417. The van der Waals surface area contributed by atoms with Crippen molar-refractivity contribution in [2.45, 2.75) is 6.54 Å². The molecule has 8 nitrogen and oxygen atoms in total. The molecule has 1 fully saturated rings. The van der Waals surface area contributed by atoms with E-state index < -0.39 is 0 Å². The van der Waals surface area contributed by atoms with E-state index >= 15 is 0 Å². The molecule has 0 bridgehead atoms. The number of nitrogens with zero attached hydrogens (tertiary/aromatic N) is 3. The van der Waals surface area contributed by atoms with Crippen molar-refractivity contribution >= 4 is 6.03 Å². The van der Waals surface area contributed by atoms with Crippen LogP contribution in [0.25, 0.3) is 11.6 Å².